The predicted octanol–water partition coefficient (Wildman–Crippen LogP) is 2.70. The Kier molecular flexibility index (Phi) is 2.87. The van der Waals surface area contributed by atoms with Gasteiger partial charge in [-0.1, -0.05) is 18.2 Å². The van der Waals surface area contributed by atoms with E-state index in [9.17, 15) is 0 Å². The van der Waals surface area contributed by atoms with Gasteiger partial charge in [-0.05, 0) is 19.9 Å². The summed E-state index contributed by atoms with van der Waals surface area (Å²) < 4.78 is 3.84. The molecular formula is C14H15N5. The molecule has 3 rings (SSSR count). The number of rotatable bonds is 3. The number of para-hydroxylation sites is 1. The van der Waals surface area contributed by atoms with E-state index in [1.165, 1.54) is 10.9 Å². The molecule has 5 nitrogen and oxygen atoms in total. The second kappa shape index (κ2) is 4.68. The van der Waals surface area contributed by atoms with Crippen LogP contribution in [0.25, 0.3) is 10.9 Å². The molecule has 19 heavy (non-hydrogen) atoms. The lowest BCUT2D eigenvalue weighted by atomic mass is 10.2. The first-order valence-electron chi connectivity index (χ1n) is 6.24. The van der Waals surface area contributed by atoms with Gasteiger partial charge in [0.25, 0.3) is 0 Å². The molecule has 0 aliphatic heterocycles. The first kappa shape index (κ1) is 11.6. The Morgan fingerprint density at radius 3 is 2.63 bits per heavy atom. The topological polar surface area (TPSA) is 48.0 Å². The lowest BCUT2D eigenvalue weighted by molar-refractivity contribution is 0.622. The van der Waals surface area contributed by atoms with E-state index in [0.29, 0.717) is 6.04 Å². The highest BCUT2D eigenvalue weighted by Crippen LogP contribution is 2.23. The van der Waals surface area contributed by atoms with Gasteiger partial charge >= 0.3 is 0 Å². The Balaban J connectivity index is 2.09. The van der Waals surface area contributed by atoms with Crippen LogP contribution in [-0.2, 0) is 0 Å². The number of hydrogen-bond acceptors (Lipinski definition) is 3. The third-order valence-corrected chi connectivity index (χ3v) is 3.06. The molecular weight excluding hydrogens is 238 g/mol. The molecule has 5 heteroatoms. The lowest BCUT2D eigenvalue weighted by Crippen LogP contribution is -1.97. The molecule has 0 bridgehead atoms. The van der Waals surface area contributed by atoms with E-state index < -0.39 is 0 Å². The van der Waals surface area contributed by atoms with E-state index >= 15 is 0 Å². The van der Waals surface area contributed by atoms with Crippen molar-refractivity contribution < 1.29 is 0 Å². The highest BCUT2D eigenvalue weighted by atomic mass is 15.4. The molecule has 0 aliphatic carbocycles. The summed E-state index contributed by atoms with van der Waals surface area (Å²) in [4.78, 5) is 0. The van der Waals surface area contributed by atoms with Gasteiger partial charge in [-0.2, -0.15) is 5.10 Å². The molecule has 2 aromatic heterocycles. The summed E-state index contributed by atoms with van der Waals surface area (Å²) in [6.07, 6.45) is 7.10. The van der Waals surface area contributed by atoms with Crippen LogP contribution in [0, 0.1) is 0 Å². The zero-order valence-electron chi connectivity index (χ0n) is 10.9. The van der Waals surface area contributed by atoms with Crippen LogP contribution in [0.5, 0.6) is 0 Å². The van der Waals surface area contributed by atoms with Crippen molar-refractivity contribution in [2.45, 2.75) is 19.9 Å². The third kappa shape index (κ3) is 2.14. The molecule has 0 N–H and O–H groups in total. The maximum absolute atomic E-state index is 4.31. The monoisotopic (exact) mass is 253 g/mol. The van der Waals surface area contributed by atoms with Crippen molar-refractivity contribution >= 4 is 17.1 Å². The highest BCUT2D eigenvalue weighted by Gasteiger charge is 2.08. The van der Waals surface area contributed by atoms with Gasteiger partial charge in [-0.15, -0.1) is 10.2 Å². The van der Waals surface area contributed by atoms with Crippen LogP contribution >= 0.6 is 0 Å². The summed E-state index contributed by atoms with van der Waals surface area (Å²) in [6.45, 7) is 4.35. The van der Waals surface area contributed by atoms with Crippen LogP contribution in [0.15, 0.2) is 48.2 Å². The summed E-state index contributed by atoms with van der Waals surface area (Å²) in [5, 5.41) is 13.0. The summed E-state index contributed by atoms with van der Waals surface area (Å²) in [5.41, 5.74) is 2.32. The van der Waals surface area contributed by atoms with Crippen LogP contribution in [0.3, 0.4) is 0 Å². The van der Waals surface area contributed by atoms with Crippen LogP contribution in [0.2, 0.25) is 0 Å². The Morgan fingerprint density at radius 2 is 1.89 bits per heavy atom. The minimum absolute atomic E-state index is 0.418. The molecule has 0 unspecified atom stereocenters. The molecule has 0 fully saturated rings. The number of benzene rings is 1. The summed E-state index contributed by atoms with van der Waals surface area (Å²) in [7, 11) is 0. The Morgan fingerprint density at radius 1 is 1.16 bits per heavy atom. The van der Waals surface area contributed by atoms with E-state index in [0.717, 1.165) is 5.56 Å². The van der Waals surface area contributed by atoms with E-state index in [1.807, 2.05) is 12.3 Å². The minimum Gasteiger partial charge on any atom is -0.344 e. The SMILES string of the molecule is CC(C)n1cc(/C=N\n2cnnc2)c2ccccc21. The molecule has 0 radical (unpaired) electrons. The number of nitrogens with zero attached hydrogens (tertiary/aromatic N) is 5. The smallest absolute Gasteiger partial charge is 0.141 e. The molecule has 2 heterocycles. The van der Waals surface area contributed by atoms with Gasteiger partial charge in [0, 0.05) is 28.7 Å². The van der Waals surface area contributed by atoms with Crippen molar-refractivity contribution in [3.63, 3.8) is 0 Å². The molecule has 0 aliphatic rings. The maximum Gasteiger partial charge on any atom is 0.141 e. The van der Waals surface area contributed by atoms with Crippen LogP contribution in [0.1, 0.15) is 25.5 Å². The fourth-order valence-electron chi connectivity index (χ4n) is 2.15. The maximum atomic E-state index is 4.31. The van der Waals surface area contributed by atoms with Gasteiger partial charge in [0.1, 0.15) is 12.7 Å². The zero-order chi connectivity index (χ0) is 13.2. The minimum atomic E-state index is 0.418. The van der Waals surface area contributed by atoms with Crippen molar-refractivity contribution in [3.05, 3.63) is 48.7 Å². The molecule has 0 atom stereocenters. The number of fused-ring (bicyclic) bond motifs is 1. The lowest BCUT2D eigenvalue weighted by Gasteiger charge is -2.08. The van der Waals surface area contributed by atoms with Crippen molar-refractivity contribution in [3.8, 4) is 0 Å². The Bertz CT molecular complexity index is 707. The molecule has 0 spiro atoms. The molecule has 0 saturated carbocycles. The largest absolute Gasteiger partial charge is 0.344 e. The van der Waals surface area contributed by atoms with Crippen molar-refractivity contribution in [2.75, 3.05) is 0 Å². The first-order chi connectivity index (χ1) is 9.25. The number of hydrogen-bond donors (Lipinski definition) is 0. The molecule has 0 saturated heterocycles. The quantitative estimate of drug-likeness (QED) is 0.674. The second-order valence-corrected chi connectivity index (χ2v) is 4.69. The third-order valence-electron chi connectivity index (χ3n) is 3.06. The average Bonchev–Trinajstić information content (AvgIpc) is 3.04. The fourth-order valence-corrected chi connectivity index (χ4v) is 2.15. The van der Waals surface area contributed by atoms with E-state index in [2.05, 4.69) is 58.1 Å². The van der Waals surface area contributed by atoms with Crippen LogP contribution in [-0.4, -0.2) is 25.7 Å². The molecule has 3 aromatic rings. The highest BCUT2D eigenvalue weighted by molar-refractivity contribution is 5.99. The van der Waals surface area contributed by atoms with E-state index in [4.69, 9.17) is 0 Å². The first-order valence-corrected chi connectivity index (χ1v) is 6.24. The van der Waals surface area contributed by atoms with Gasteiger partial charge in [0.2, 0.25) is 0 Å². The Hall–Kier alpha value is -2.43. The number of aromatic nitrogens is 4. The molecule has 96 valence electrons. The zero-order valence-corrected chi connectivity index (χ0v) is 10.9. The molecule has 0 amide bonds. The van der Waals surface area contributed by atoms with Gasteiger partial charge in [-0.3, -0.25) is 0 Å². The van der Waals surface area contributed by atoms with Crippen LogP contribution in [0.4, 0.5) is 0 Å². The van der Waals surface area contributed by atoms with Crippen molar-refractivity contribution in [1.29, 1.82) is 0 Å². The van der Waals surface area contributed by atoms with Gasteiger partial charge in [0.15, 0.2) is 0 Å². The summed E-state index contributed by atoms with van der Waals surface area (Å²) in [6, 6.07) is 8.76. The average molecular weight is 253 g/mol. The van der Waals surface area contributed by atoms with Gasteiger partial charge in [0.05, 0.1) is 6.21 Å². The van der Waals surface area contributed by atoms with Gasteiger partial charge < -0.3 is 4.57 Å². The Labute approximate surface area is 111 Å². The fraction of sp³-hybridized carbons (Fsp3) is 0.214. The van der Waals surface area contributed by atoms with Gasteiger partial charge in [-0.25, -0.2) is 4.68 Å². The second-order valence-electron chi connectivity index (χ2n) is 4.69. The summed E-state index contributed by atoms with van der Waals surface area (Å²) >= 11 is 0. The van der Waals surface area contributed by atoms with Crippen molar-refractivity contribution in [1.82, 2.24) is 19.4 Å². The van der Waals surface area contributed by atoms with Crippen LogP contribution < -0.4 is 0 Å². The van der Waals surface area contributed by atoms with Crippen molar-refractivity contribution in [2.24, 2.45) is 5.10 Å². The normalized spacial score (nSPS) is 11.9. The standard InChI is InChI=1S/C14H15N5/c1-11(2)19-8-12(7-17-18-9-15-16-10-18)13-5-3-4-6-14(13)19/h3-11H,1-2H3/b17-7-. The predicted molar refractivity (Wildman–Crippen MR) is 75.3 cm³/mol. The van der Waals surface area contributed by atoms with E-state index in [-0.39, 0.29) is 0 Å². The summed E-state index contributed by atoms with van der Waals surface area (Å²) in [5.74, 6) is 0. The van der Waals surface area contributed by atoms with E-state index in [1.54, 1.807) is 17.3 Å². The molecule has 1 aromatic carbocycles.